The summed E-state index contributed by atoms with van der Waals surface area (Å²) in [5, 5.41) is 10.2. The Morgan fingerprint density at radius 3 is 2.31 bits per heavy atom. The van der Waals surface area contributed by atoms with Gasteiger partial charge in [-0.2, -0.15) is 0 Å². The van der Waals surface area contributed by atoms with Crippen molar-refractivity contribution in [2.24, 2.45) is 0 Å². The fourth-order valence-electron chi connectivity index (χ4n) is 3.31. The van der Waals surface area contributed by atoms with Crippen molar-refractivity contribution in [1.82, 2.24) is 14.7 Å². The number of benzene rings is 1. The minimum absolute atomic E-state index is 0.407. The van der Waals surface area contributed by atoms with Crippen LogP contribution in [0.3, 0.4) is 0 Å². The van der Waals surface area contributed by atoms with E-state index in [0.29, 0.717) is 6.04 Å². The van der Waals surface area contributed by atoms with Crippen LogP contribution in [0.25, 0.3) is 0 Å². The van der Waals surface area contributed by atoms with Crippen LogP contribution in [0.4, 0.5) is 0 Å². The molecule has 1 aromatic rings. The summed E-state index contributed by atoms with van der Waals surface area (Å²) in [4.78, 5) is 7.16. The van der Waals surface area contributed by atoms with E-state index < -0.39 is 6.10 Å². The van der Waals surface area contributed by atoms with Gasteiger partial charge in [0.1, 0.15) is 5.75 Å². The molecule has 1 heterocycles. The van der Waals surface area contributed by atoms with Gasteiger partial charge in [-0.1, -0.05) is 12.1 Å². The predicted octanol–water partition coefficient (Wildman–Crippen LogP) is 2.47. The quantitative estimate of drug-likeness (QED) is 0.647. The van der Waals surface area contributed by atoms with Crippen LogP contribution in [-0.2, 0) is 0 Å². The van der Waals surface area contributed by atoms with Gasteiger partial charge in [-0.3, -0.25) is 4.90 Å². The first kappa shape index (κ1) is 21.2. The molecule has 0 radical (unpaired) electrons. The summed E-state index contributed by atoms with van der Waals surface area (Å²) in [5.41, 5.74) is 0.960. The van der Waals surface area contributed by atoms with Crippen LogP contribution in [0.15, 0.2) is 24.3 Å². The van der Waals surface area contributed by atoms with Gasteiger partial charge in [0.05, 0.1) is 12.7 Å². The summed E-state index contributed by atoms with van der Waals surface area (Å²) in [5.74, 6) is 0.887. The summed E-state index contributed by atoms with van der Waals surface area (Å²) in [6, 6.07) is 8.54. The number of aliphatic hydroxyl groups excluding tert-OH is 1. The van der Waals surface area contributed by atoms with Gasteiger partial charge in [0.2, 0.25) is 0 Å². The summed E-state index contributed by atoms with van der Waals surface area (Å²) in [6.45, 7) is 12.0. The Kier molecular flexibility index (Phi) is 8.85. The lowest BCUT2D eigenvalue weighted by Gasteiger charge is -2.36. The van der Waals surface area contributed by atoms with Crippen LogP contribution in [0.1, 0.15) is 38.4 Å². The van der Waals surface area contributed by atoms with Crippen LogP contribution in [-0.4, -0.2) is 85.8 Å². The van der Waals surface area contributed by atoms with Crippen LogP contribution in [0.5, 0.6) is 5.75 Å². The molecule has 0 aromatic heterocycles. The number of nitrogens with zero attached hydrogens (tertiary/aromatic N) is 3. The molecule has 148 valence electrons. The van der Waals surface area contributed by atoms with Crippen molar-refractivity contribution in [1.29, 1.82) is 0 Å². The molecule has 1 aliphatic rings. The predicted molar refractivity (Wildman–Crippen MR) is 108 cm³/mol. The zero-order chi connectivity index (χ0) is 18.9. The lowest BCUT2D eigenvalue weighted by molar-refractivity contribution is 0.104. The highest BCUT2D eigenvalue weighted by Gasteiger charge is 2.18. The van der Waals surface area contributed by atoms with E-state index in [9.17, 15) is 5.11 Å². The highest BCUT2D eigenvalue weighted by Crippen LogP contribution is 2.20. The molecule has 1 atom stereocenters. The molecule has 0 amide bonds. The van der Waals surface area contributed by atoms with Crippen molar-refractivity contribution in [3.05, 3.63) is 29.8 Å². The van der Waals surface area contributed by atoms with E-state index in [0.717, 1.165) is 56.9 Å². The molecule has 0 bridgehead atoms. The first-order valence-corrected chi connectivity index (χ1v) is 9.97. The molecule has 1 unspecified atom stereocenters. The minimum atomic E-state index is -0.407. The summed E-state index contributed by atoms with van der Waals surface area (Å²) in [7, 11) is 4.04. The highest BCUT2D eigenvalue weighted by atomic mass is 16.5. The number of piperazine rings is 1. The number of aliphatic hydroxyl groups is 1. The average Bonchev–Trinajstić information content (AvgIpc) is 2.64. The topological polar surface area (TPSA) is 39.2 Å². The molecule has 0 aliphatic carbocycles. The minimum Gasteiger partial charge on any atom is -0.494 e. The number of hydrogen-bond donors (Lipinski definition) is 1. The first-order valence-electron chi connectivity index (χ1n) is 9.97. The van der Waals surface area contributed by atoms with E-state index in [-0.39, 0.29) is 0 Å². The molecule has 5 heteroatoms. The summed E-state index contributed by atoms with van der Waals surface area (Å²) >= 11 is 0. The maximum atomic E-state index is 10.2. The van der Waals surface area contributed by atoms with E-state index >= 15 is 0 Å². The number of ether oxygens (including phenoxy) is 1. The van der Waals surface area contributed by atoms with Gasteiger partial charge in [0.25, 0.3) is 0 Å². The summed E-state index contributed by atoms with van der Waals surface area (Å²) < 4.78 is 5.86. The second-order valence-electron chi connectivity index (χ2n) is 7.85. The monoisotopic (exact) mass is 363 g/mol. The van der Waals surface area contributed by atoms with Crippen molar-refractivity contribution in [3.63, 3.8) is 0 Å². The molecule has 0 spiro atoms. The molecular weight excluding hydrogens is 326 g/mol. The van der Waals surface area contributed by atoms with E-state index in [1.807, 2.05) is 38.4 Å². The molecule has 5 nitrogen and oxygen atoms in total. The Hall–Kier alpha value is -1.14. The number of hydrogen-bond acceptors (Lipinski definition) is 5. The van der Waals surface area contributed by atoms with Crippen molar-refractivity contribution < 1.29 is 9.84 Å². The maximum Gasteiger partial charge on any atom is 0.119 e. The van der Waals surface area contributed by atoms with Gasteiger partial charge in [0, 0.05) is 45.3 Å². The van der Waals surface area contributed by atoms with Crippen molar-refractivity contribution in [2.75, 3.05) is 60.0 Å². The second-order valence-corrected chi connectivity index (χ2v) is 7.85. The van der Waals surface area contributed by atoms with E-state index in [4.69, 9.17) is 4.74 Å². The summed E-state index contributed by atoms with van der Waals surface area (Å²) in [6.07, 6.45) is 1.39. The van der Waals surface area contributed by atoms with Gasteiger partial charge < -0.3 is 19.6 Å². The zero-order valence-corrected chi connectivity index (χ0v) is 17.0. The van der Waals surface area contributed by atoms with Crippen molar-refractivity contribution in [2.45, 2.75) is 38.8 Å². The highest BCUT2D eigenvalue weighted by molar-refractivity contribution is 5.28. The fraction of sp³-hybridized carbons (Fsp3) is 0.714. The molecule has 0 saturated carbocycles. The molecular formula is C21H37N3O2. The van der Waals surface area contributed by atoms with Crippen LogP contribution < -0.4 is 4.74 Å². The van der Waals surface area contributed by atoms with Gasteiger partial charge in [-0.15, -0.1) is 0 Å². The molecule has 1 N–H and O–H groups in total. The molecule has 1 saturated heterocycles. The largest absolute Gasteiger partial charge is 0.494 e. The Morgan fingerprint density at radius 2 is 1.73 bits per heavy atom. The third kappa shape index (κ3) is 7.23. The zero-order valence-electron chi connectivity index (χ0n) is 17.0. The molecule has 1 aromatic carbocycles. The molecule has 1 aliphatic heterocycles. The van der Waals surface area contributed by atoms with Gasteiger partial charge in [-0.05, 0) is 58.5 Å². The van der Waals surface area contributed by atoms with E-state index in [1.54, 1.807) is 0 Å². The molecule has 1 fully saturated rings. The third-order valence-electron chi connectivity index (χ3n) is 5.14. The Bertz CT molecular complexity index is 496. The standard InChI is InChI=1S/C21H37N3O2/c1-18(2)24-15-13-23(14-16-24)11-5-17-26-20-8-6-19(7-9-20)21(25)10-12-22(3)4/h6-9,18,21,25H,5,10-17H2,1-4H3. The maximum absolute atomic E-state index is 10.2. The molecule has 26 heavy (non-hydrogen) atoms. The van der Waals surface area contributed by atoms with Crippen LogP contribution >= 0.6 is 0 Å². The molecule has 2 rings (SSSR count). The van der Waals surface area contributed by atoms with Gasteiger partial charge >= 0.3 is 0 Å². The third-order valence-corrected chi connectivity index (χ3v) is 5.14. The first-order chi connectivity index (χ1) is 12.5. The van der Waals surface area contributed by atoms with Gasteiger partial charge in [0.15, 0.2) is 0 Å². The Balaban J connectivity index is 1.63. The van der Waals surface area contributed by atoms with Crippen molar-refractivity contribution >= 4 is 0 Å². The van der Waals surface area contributed by atoms with Crippen LogP contribution in [0.2, 0.25) is 0 Å². The van der Waals surface area contributed by atoms with Crippen LogP contribution in [0, 0.1) is 0 Å². The SMILES string of the molecule is CC(C)N1CCN(CCCOc2ccc(C(O)CCN(C)C)cc2)CC1. The van der Waals surface area contributed by atoms with E-state index in [2.05, 4.69) is 28.5 Å². The Labute approximate surface area is 159 Å². The van der Waals surface area contributed by atoms with Crippen molar-refractivity contribution in [3.8, 4) is 5.75 Å². The lowest BCUT2D eigenvalue weighted by Crippen LogP contribution is -2.49. The van der Waals surface area contributed by atoms with Gasteiger partial charge in [-0.25, -0.2) is 0 Å². The second kappa shape index (κ2) is 10.9. The normalized spacial score (nSPS) is 17.8. The fourth-order valence-corrected chi connectivity index (χ4v) is 3.31. The average molecular weight is 364 g/mol. The van der Waals surface area contributed by atoms with E-state index in [1.165, 1.54) is 13.1 Å². The lowest BCUT2D eigenvalue weighted by atomic mass is 10.1. The smallest absolute Gasteiger partial charge is 0.119 e. The Morgan fingerprint density at radius 1 is 1.08 bits per heavy atom. The number of rotatable bonds is 10.